The van der Waals surface area contributed by atoms with Crippen LogP contribution in [0.25, 0.3) is 16.9 Å². The average molecular weight is 295 g/mol. The summed E-state index contributed by atoms with van der Waals surface area (Å²) in [5.41, 5.74) is 6.32. The van der Waals surface area contributed by atoms with E-state index in [9.17, 15) is 0 Å². The predicted octanol–water partition coefficient (Wildman–Crippen LogP) is 4.68. The molecule has 0 amide bonds. The van der Waals surface area contributed by atoms with Crippen molar-refractivity contribution in [3.63, 3.8) is 0 Å². The highest BCUT2D eigenvalue weighted by atomic mass is 35.5. The van der Waals surface area contributed by atoms with E-state index in [2.05, 4.69) is 29.4 Å². The minimum Gasteiger partial charge on any atom is -0.233 e. The van der Waals surface area contributed by atoms with Crippen LogP contribution in [0.15, 0.2) is 54.7 Å². The molecular formula is C18H15ClN2. The number of rotatable bonds is 1. The Labute approximate surface area is 129 Å². The fourth-order valence-corrected chi connectivity index (χ4v) is 3.20. The Balaban J connectivity index is 1.95. The Morgan fingerprint density at radius 1 is 0.905 bits per heavy atom. The van der Waals surface area contributed by atoms with Crippen LogP contribution >= 0.6 is 11.6 Å². The van der Waals surface area contributed by atoms with Crippen molar-refractivity contribution in [3.8, 4) is 16.9 Å². The second-order valence-electron chi connectivity index (χ2n) is 5.42. The maximum Gasteiger partial charge on any atom is 0.0775 e. The average Bonchev–Trinajstić information content (AvgIpc) is 2.84. The lowest BCUT2D eigenvalue weighted by Crippen LogP contribution is -2.00. The van der Waals surface area contributed by atoms with Gasteiger partial charge in [-0.15, -0.1) is 0 Å². The largest absolute Gasteiger partial charge is 0.233 e. The van der Waals surface area contributed by atoms with Crippen molar-refractivity contribution >= 4 is 11.6 Å². The van der Waals surface area contributed by atoms with Gasteiger partial charge in [0.2, 0.25) is 0 Å². The molecule has 0 bridgehead atoms. The van der Waals surface area contributed by atoms with E-state index >= 15 is 0 Å². The Bertz CT molecular complexity index is 787. The SMILES string of the molecule is Clc1ccc(-n2ncc3c2-c2ccccc2CCC3)cc1. The van der Waals surface area contributed by atoms with E-state index in [-0.39, 0.29) is 0 Å². The van der Waals surface area contributed by atoms with E-state index in [1.54, 1.807) is 0 Å². The van der Waals surface area contributed by atoms with E-state index in [4.69, 9.17) is 11.6 Å². The molecule has 0 saturated carbocycles. The van der Waals surface area contributed by atoms with Gasteiger partial charge in [-0.1, -0.05) is 35.9 Å². The third kappa shape index (κ3) is 2.16. The normalized spacial score (nSPS) is 13.4. The maximum absolute atomic E-state index is 5.99. The number of aromatic nitrogens is 2. The highest BCUT2D eigenvalue weighted by Crippen LogP contribution is 2.33. The topological polar surface area (TPSA) is 17.8 Å². The molecule has 104 valence electrons. The van der Waals surface area contributed by atoms with Gasteiger partial charge in [0, 0.05) is 10.6 Å². The van der Waals surface area contributed by atoms with Crippen LogP contribution in [-0.4, -0.2) is 9.78 Å². The van der Waals surface area contributed by atoms with Crippen LogP contribution < -0.4 is 0 Å². The summed E-state index contributed by atoms with van der Waals surface area (Å²) >= 11 is 5.99. The highest BCUT2D eigenvalue weighted by molar-refractivity contribution is 6.30. The molecular weight excluding hydrogens is 280 g/mol. The molecule has 1 aliphatic carbocycles. The molecule has 0 unspecified atom stereocenters. The van der Waals surface area contributed by atoms with Crippen molar-refractivity contribution in [1.29, 1.82) is 0 Å². The number of benzene rings is 2. The maximum atomic E-state index is 5.99. The van der Waals surface area contributed by atoms with Crippen molar-refractivity contribution in [2.45, 2.75) is 19.3 Å². The zero-order chi connectivity index (χ0) is 14.2. The molecule has 21 heavy (non-hydrogen) atoms. The molecule has 0 radical (unpaired) electrons. The van der Waals surface area contributed by atoms with Crippen LogP contribution in [0.5, 0.6) is 0 Å². The van der Waals surface area contributed by atoms with Crippen LogP contribution in [0.3, 0.4) is 0 Å². The summed E-state index contributed by atoms with van der Waals surface area (Å²) in [4.78, 5) is 0. The van der Waals surface area contributed by atoms with Crippen LogP contribution in [0.4, 0.5) is 0 Å². The molecule has 0 fully saturated rings. The number of halogens is 1. The minimum absolute atomic E-state index is 0.748. The molecule has 2 nitrogen and oxygen atoms in total. The van der Waals surface area contributed by atoms with Gasteiger partial charge in [-0.05, 0) is 54.7 Å². The third-order valence-electron chi connectivity index (χ3n) is 4.08. The lowest BCUT2D eigenvalue weighted by atomic mass is 10.0. The molecule has 3 heteroatoms. The van der Waals surface area contributed by atoms with Crippen LogP contribution in [-0.2, 0) is 12.8 Å². The van der Waals surface area contributed by atoms with Crippen LogP contribution in [0.2, 0.25) is 5.02 Å². The molecule has 0 N–H and O–H groups in total. The summed E-state index contributed by atoms with van der Waals surface area (Å²) in [6, 6.07) is 16.5. The summed E-state index contributed by atoms with van der Waals surface area (Å²) in [6.45, 7) is 0. The number of hydrogen-bond donors (Lipinski definition) is 0. The highest BCUT2D eigenvalue weighted by Gasteiger charge is 2.19. The molecule has 1 heterocycles. The van der Waals surface area contributed by atoms with Crippen LogP contribution in [0.1, 0.15) is 17.5 Å². The number of hydrogen-bond acceptors (Lipinski definition) is 1. The quantitative estimate of drug-likeness (QED) is 0.637. The van der Waals surface area contributed by atoms with E-state index in [1.165, 1.54) is 28.8 Å². The predicted molar refractivity (Wildman–Crippen MR) is 86.0 cm³/mol. The summed E-state index contributed by atoms with van der Waals surface area (Å²) in [5.74, 6) is 0. The molecule has 4 rings (SSSR count). The summed E-state index contributed by atoms with van der Waals surface area (Å²) in [7, 11) is 0. The van der Waals surface area contributed by atoms with Gasteiger partial charge in [-0.2, -0.15) is 5.10 Å². The Morgan fingerprint density at radius 3 is 2.52 bits per heavy atom. The summed E-state index contributed by atoms with van der Waals surface area (Å²) in [5, 5.41) is 5.36. The zero-order valence-electron chi connectivity index (χ0n) is 11.6. The van der Waals surface area contributed by atoms with Gasteiger partial charge in [0.1, 0.15) is 0 Å². The van der Waals surface area contributed by atoms with Crippen molar-refractivity contribution in [2.24, 2.45) is 0 Å². The Kier molecular flexibility index (Phi) is 3.04. The van der Waals surface area contributed by atoms with Crippen LogP contribution in [0, 0.1) is 0 Å². The fourth-order valence-electron chi connectivity index (χ4n) is 3.07. The zero-order valence-corrected chi connectivity index (χ0v) is 12.3. The first-order chi connectivity index (χ1) is 10.3. The number of aryl methyl sites for hydroxylation is 2. The Morgan fingerprint density at radius 2 is 1.67 bits per heavy atom. The van der Waals surface area contributed by atoms with Gasteiger partial charge < -0.3 is 0 Å². The van der Waals surface area contributed by atoms with Gasteiger partial charge in [0.05, 0.1) is 17.6 Å². The number of fused-ring (bicyclic) bond motifs is 3. The molecule has 0 spiro atoms. The molecule has 1 aromatic heterocycles. The van der Waals surface area contributed by atoms with Crippen molar-refractivity contribution in [3.05, 3.63) is 70.9 Å². The molecule has 1 aliphatic rings. The smallest absolute Gasteiger partial charge is 0.0775 e. The third-order valence-corrected chi connectivity index (χ3v) is 4.33. The lowest BCUT2D eigenvalue weighted by molar-refractivity contribution is 0.833. The van der Waals surface area contributed by atoms with E-state index < -0.39 is 0 Å². The summed E-state index contributed by atoms with van der Waals surface area (Å²) in [6.07, 6.45) is 5.39. The van der Waals surface area contributed by atoms with Gasteiger partial charge in [0.25, 0.3) is 0 Å². The molecule has 2 aromatic carbocycles. The molecule has 3 aromatic rings. The van der Waals surface area contributed by atoms with E-state index in [1.807, 2.05) is 35.1 Å². The van der Waals surface area contributed by atoms with Crippen molar-refractivity contribution in [2.75, 3.05) is 0 Å². The van der Waals surface area contributed by atoms with E-state index in [0.29, 0.717) is 0 Å². The molecule has 0 saturated heterocycles. The standard InChI is InChI=1S/C18H15ClN2/c19-15-8-10-16(11-9-15)21-18-14(12-20-21)6-3-5-13-4-1-2-7-17(13)18/h1-2,4,7-12H,3,5-6H2. The van der Waals surface area contributed by atoms with Gasteiger partial charge in [-0.25, -0.2) is 4.68 Å². The first-order valence-electron chi connectivity index (χ1n) is 7.24. The van der Waals surface area contributed by atoms with Gasteiger partial charge >= 0.3 is 0 Å². The summed E-state index contributed by atoms with van der Waals surface area (Å²) < 4.78 is 2.04. The first kappa shape index (κ1) is 12.7. The second kappa shape index (κ2) is 5.05. The van der Waals surface area contributed by atoms with Gasteiger partial charge in [-0.3, -0.25) is 0 Å². The molecule has 0 atom stereocenters. The van der Waals surface area contributed by atoms with Crippen molar-refractivity contribution < 1.29 is 0 Å². The minimum atomic E-state index is 0.748. The Hall–Kier alpha value is -2.06. The first-order valence-corrected chi connectivity index (χ1v) is 7.62. The second-order valence-corrected chi connectivity index (χ2v) is 5.85. The number of nitrogens with zero attached hydrogens (tertiary/aromatic N) is 2. The molecule has 0 aliphatic heterocycles. The van der Waals surface area contributed by atoms with E-state index in [0.717, 1.165) is 23.6 Å². The lowest BCUT2D eigenvalue weighted by Gasteiger charge is -2.11. The van der Waals surface area contributed by atoms with Gasteiger partial charge in [0.15, 0.2) is 0 Å². The fraction of sp³-hybridized carbons (Fsp3) is 0.167. The monoisotopic (exact) mass is 294 g/mol. The van der Waals surface area contributed by atoms with Crippen molar-refractivity contribution in [1.82, 2.24) is 9.78 Å².